The minimum absolute atomic E-state index is 0.580. The van der Waals surface area contributed by atoms with Crippen molar-refractivity contribution >= 4 is 43.9 Å². The molecule has 0 aliphatic carbocycles. The Labute approximate surface area is 320 Å². The standard InChI is InChI=1S/C49H29N5O2/c1-3-13-30(14-4-1)47-52-48(31-15-5-2-6-16-31)54-49(53-47)33-27-25-32(26-28-33)46-50-38(34-19-11-23-42-44(34)36-17-7-9-21-40(36)55-42)29-39(51-46)35-20-12-24-43-45(35)37-18-8-10-22-41(37)56-43/h1-29H. The Morgan fingerprint density at radius 1 is 0.286 bits per heavy atom. The molecule has 0 aliphatic heterocycles. The highest BCUT2D eigenvalue weighted by Crippen LogP contribution is 2.40. The van der Waals surface area contributed by atoms with Gasteiger partial charge >= 0.3 is 0 Å². The average molecular weight is 720 g/mol. The Kier molecular flexibility index (Phi) is 7.35. The highest BCUT2D eigenvalue weighted by molar-refractivity contribution is 6.14. The second-order valence-corrected chi connectivity index (χ2v) is 13.6. The summed E-state index contributed by atoms with van der Waals surface area (Å²) in [5, 5.41) is 4.10. The first-order valence-electron chi connectivity index (χ1n) is 18.4. The van der Waals surface area contributed by atoms with E-state index in [1.54, 1.807) is 0 Å². The number of fused-ring (bicyclic) bond motifs is 6. The highest BCUT2D eigenvalue weighted by atomic mass is 16.3. The Balaban J connectivity index is 1.09. The Bertz CT molecular complexity index is 3060. The first-order chi connectivity index (χ1) is 27.7. The third-order valence-electron chi connectivity index (χ3n) is 10.2. The summed E-state index contributed by atoms with van der Waals surface area (Å²) in [5.41, 5.74) is 10.3. The molecular weight excluding hydrogens is 691 g/mol. The van der Waals surface area contributed by atoms with Gasteiger partial charge in [-0.15, -0.1) is 0 Å². The van der Waals surface area contributed by atoms with Crippen LogP contribution in [0.4, 0.5) is 0 Å². The van der Waals surface area contributed by atoms with Crippen molar-refractivity contribution in [2.75, 3.05) is 0 Å². The van der Waals surface area contributed by atoms with E-state index in [1.807, 2.05) is 146 Å². The summed E-state index contributed by atoms with van der Waals surface area (Å²) in [7, 11) is 0. The van der Waals surface area contributed by atoms with Crippen molar-refractivity contribution in [3.8, 4) is 68.1 Å². The Morgan fingerprint density at radius 3 is 1.09 bits per heavy atom. The summed E-state index contributed by atoms with van der Waals surface area (Å²) in [6, 6.07) is 58.7. The van der Waals surface area contributed by atoms with Crippen LogP contribution in [0.25, 0.3) is 112 Å². The molecule has 11 rings (SSSR count). The second kappa shape index (κ2) is 13.0. The molecule has 7 heteroatoms. The van der Waals surface area contributed by atoms with Crippen molar-refractivity contribution in [2.24, 2.45) is 0 Å². The molecule has 7 nitrogen and oxygen atoms in total. The van der Waals surface area contributed by atoms with Crippen molar-refractivity contribution in [3.63, 3.8) is 0 Å². The average Bonchev–Trinajstić information content (AvgIpc) is 3.86. The molecule has 0 radical (unpaired) electrons. The first kappa shape index (κ1) is 31.7. The van der Waals surface area contributed by atoms with Crippen LogP contribution in [0.3, 0.4) is 0 Å². The molecule has 7 aromatic carbocycles. The van der Waals surface area contributed by atoms with Gasteiger partial charge in [-0.2, -0.15) is 0 Å². The molecule has 0 fully saturated rings. The van der Waals surface area contributed by atoms with Crippen molar-refractivity contribution in [2.45, 2.75) is 0 Å². The lowest BCUT2D eigenvalue weighted by atomic mass is 9.99. The van der Waals surface area contributed by atoms with E-state index < -0.39 is 0 Å². The van der Waals surface area contributed by atoms with Crippen LogP contribution < -0.4 is 0 Å². The Hall–Kier alpha value is -7.77. The maximum absolute atomic E-state index is 6.30. The lowest BCUT2D eigenvalue weighted by Gasteiger charge is -2.12. The molecule has 56 heavy (non-hydrogen) atoms. The summed E-state index contributed by atoms with van der Waals surface area (Å²) < 4.78 is 12.6. The molecule has 4 aromatic heterocycles. The van der Waals surface area contributed by atoms with Crippen LogP contribution in [0.1, 0.15) is 0 Å². The third kappa shape index (κ3) is 5.41. The minimum Gasteiger partial charge on any atom is -0.456 e. The van der Waals surface area contributed by atoms with Gasteiger partial charge in [-0.25, -0.2) is 24.9 Å². The number of hydrogen-bond acceptors (Lipinski definition) is 7. The predicted octanol–water partition coefficient (Wildman–Crippen LogP) is 12.5. The maximum atomic E-state index is 6.30. The first-order valence-corrected chi connectivity index (χ1v) is 18.4. The van der Waals surface area contributed by atoms with Crippen LogP contribution >= 0.6 is 0 Å². The third-order valence-corrected chi connectivity index (χ3v) is 10.2. The van der Waals surface area contributed by atoms with E-state index in [9.17, 15) is 0 Å². The van der Waals surface area contributed by atoms with E-state index in [1.165, 1.54) is 0 Å². The Morgan fingerprint density at radius 2 is 0.643 bits per heavy atom. The van der Waals surface area contributed by atoms with Crippen LogP contribution in [0.15, 0.2) is 185 Å². The van der Waals surface area contributed by atoms with E-state index in [0.29, 0.717) is 23.3 Å². The van der Waals surface area contributed by atoms with Crippen LogP contribution in [-0.4, -0.2) is 24.9 Å². The van der Waals surface area contributed by atoms with E-state index in [4.69, 9.17) is 33.8 Å². The monoisotopic (exact) mass is 719 g/mol. The summed E-state index contributed by atoms with van der Waals surface area (Å²) in [6.07, 6.45) is 0. The second-order valence-electron chi connectivity index (χ2n) is 13.6. The molecule has 0 spiro atoms. The molecule has 262 valence electrons. The van der Waals surface area contributed by atoms with E-state index in [-0.39, 0.29) is 0 Å². The number of benzene rings is 7. The number of nitrogens with zero attached hydrogens (tertiary/aromatic N) is 5. The van der Waals surface area contributed by atoms with Gasteiger partial charge in [0.1, 0.15) is 22.3 Å². The maximum Gasteiger partial charge on any atom is 0.164 e. The van der Waals surface area contributed by atoms with Crippen molar-refractivity contribution < 1.29 is 8.83 Å². The normalized spacial score (nSPS) is 11.6. The van der Waals surface area contributed by atoms with Crippen LogP contribution in [0.5, 0.6) is 0 Å². The lowest BCUT2D eigenvalue weighted by molar-refractivity contribution is 0.668. The zero-order valence-electron chi connectivity index (χ0n) is 29.8. The molecule has 0 unspecified atom stereocenters. The summed E-state index contributed by atoms with van der Waals surface area (Å²) in [5.74, 6) is 2.39. The fraction of sp³-hybridized carbons (Fsp3) is 0. The van der Waals surface area contributed by atoms with Crippen LogP contribution in [0, 0.1) is 0 Å². The molecule has 4 heterocycles. The van der Waals surface area contributed by atoms with Gasteiger partial charge < -0.3 is 8.83 Å². The number of para-hydroxylation sites is 2. The van der Waals surface area contributed by atoms with Crippen molar-refractivity contribution in [1.29, 1.82) is 0 Å². The summed E-state index contributed by atoms with van der Waals surface area (Å²) in [6.45, 7) is 0. The van der Waals surface area contributed by atoms with E-state index in [0.717, 1.165) is 88.6 Å². The fourth-order valence-corrected chi connectivity index (χ4v) is 7.53. The number of furan rings is 2. The molecule has 0 atom stereocenters. The van der Waals surface area contributed by atoms with Gasteiger partial charge in [-0.05, 0) is 30.3 Å². The van der Waals surface area contributed by atoms with Crippen LogP contribution in [0.2, 0.25) is 0 Å². The van der Waals surface area contributed by atoms with Gasteiger partial charge in [0.2, 0.25) is 0 Å². The van der Waals surface area contributed by atoms with E-state index >= 15 is 0 Å². The predicted molar refractivity (Wildman–Crippen MR) is 223 cm³/mol. The van der Waals surface area contributed by atoms with Gasteiger partial charge in [0, 0.05) is 54.9 Å². The molecule has 0 saturated carbocycles. The number of hydrogen-bond donors (Lipinski definition) is 0. The topological polar surface area (TPSA) is 90.7 Å². The van der Waals surface area contributed by atoms with Crippen molar-refractivity contribution in [1.82, 2.24) is 24.9 Å². The van der Waals surface area contributed by atoms with Gasteiger partial charge in [0.15, 0.2) is 23.3 Å². The number of aromatic nitrogens is 5. The lowest BCUT2D eigenvalue weighted by Crippen LogP contribution is -2.00. The van der Waals surface area contributed by atoms with Crippen molar-refractivity contribution in [3.05, 3.63) is 176 Å². The van der Waals surface area contributed by atoms with Gasteiger partial charge in [-0.3, -0.25) is 0 Å². The quantitative estimate of drug-likeness (QED) is 0.169. The molecule has 11 aromatic rings. The minimum atomic E-state index is 0.580. The summed E-state index contributed by atoms with van der Waals surface area (Å²) >= 11 is 0. The molecule has 0 saturated heterocycles. The van der Waals surface area contributed by atoms with Gasteiger partial charge in [0.05, 0.1) is 11.4 Å². The smallest absolute Gasteiger partial charge is 0.164 e. The largest absolute Gasteiger partial charge is 0.456 e. The summed E-state index contributed by atoms with van der Waals surface area (Å²) in [4.78, 5) is 25.2. The zero-order chi connectivity index (χ0) is 37.0. The van der Waals surface area contributed by atoms with E-state index in [2.05, 4.69) is 30.3 Å². The highest BCUT2D eigenvalue weighted by Gasteiger charge is 2.20. The molecular formula is C49H29N5O2. The number of rotatable bonds is 6. The molecule has 0 aliphatic rings. The SMILES string of the molecule is c1ccc(-c2nc(-c3ccccc3)nc(-c3ccc(-c4nc(-c5cccc6oc7ccccc7c56)cc(-c5cccc6oc7ccccc7c56)n4)cc3)n2)cc1. The van der Waals surface area contributed by atoms with Gasteiger partial charge in [0.25, 0.3) is 0 Å². The molecule has 0 N–H and O–H groups in total. The zero-order valence-corrected chi connectivity index (χ0v) is 29.8. The van der Waals surface area contributed by atoms with Crippen LogP contribution in [-0.2, 0) is 0 Å². The van der Waals surface area contributed by atoms with Gasteiger partial charge in [-0.1, -0.05) is 146 Å². The molecule has 0 bridgehead atoms. The fourth-order valence-electron chi connectivity index (χ4n) is 7.53. The molecule has 0 amide bonds.